The molecular formula is C15H27N5OS. The fourth-order valence-corrected chi connectivity index (χ4v) is 2.28. The van der Waals surface area contributed by atoms with Crippen LogP contribution in [0.25, 0.3) is 0 Å². The van der Waals surface area contributed by atoms with Crippen LogP contribution in [-0.4, -0.2) is 55.5 Å². The summed E-state index contributed by atoms with van der Waals surface area (Å²) in [6.07, 6.45) is 1.82. The summed E-state index contributed by atoms with van der Waals surface area (Å²) in [5.41, 5.74) is 0. The van der Waals surface area contributed by atoms with Crippen molar-refractivity contribution < 1.29 is 4.79 Å². The van der Waals surface area contributed by atoms with E-state index in [2.05, 4.69) is 41.4 Å². The Labute approximate surface area is 137 Å². The molecule has 0 saturated heterocycles. The summed E-state index contributed by atoms with van der Waals surface area (Å²) in [6.45, 7) is 8.08. The Morgan fingerprint density at radius 3 is 2.55 bits per heavy atom. The summed E-state index contributed by atoms with van der Waals surface area (Å²) in [5.74, 6) is 1.47. The Balaban J connectivity index is 2.57. The van der Waals surface area contributed by atoms with Crippen LogP contribution in [0, 0.1) is 5.92 Å². The lowest BCUT2D eigenvalue weighted by Crippen LogP contribution is -2.41. The second kappa shape index (κ2) is 9.40. The van der Waals surface area contributed by atoms with Gasteiger partial charge in [-0.3, -0.25) is 4.79 Å². The van der Waals surface area contributed by atoms with E-state index < -0.39 is 0 Å². The van der Waals surface area contributed by atoms with Gasteiger partial charge in [-0.1, -0.05) is 20.8 Å². The minimum atomic E-state index is -0.0152. The van der Waals surface area contributed by atoms with Gasteiger partial charge in [-0.25, -0.2) is 9.98 Å². The molecule has 7 heteroatoms. The van der Waals surface area contributed by atoms with Gasteiger partial charge in [0.25, 0.3) is 0 Å². The predicted molar refractivity (Wildman–Crippen MR) is 92.4 cm³/mol. The van der Waals surface area contributed by atoms with Gasteiger partial charge in [-0.15, -0.1) is 11.3 Å². The molecule has 1 aromatic heterocycles. The minimum Gasteiger partial charge on any atom is -0.356 e. The van der Waals surface area contributed by atoms with Crippen LogP contribution in [0.1, 0.15) is 31.7 Å². The number of carbonyl (C=O) groups excluding carboxylic acids is 1. The predicted octanol–water partition coefficient (Wildman–Crippen LogP) is 1.53. The molecule has 1 aromatic rings. The average Bonchev–Trinajstić information content (AvgIpc) is 2.99. The molecule has 1 unspecified atom stereocenters. The highest BCUT2D eigenvalue weighted by atomic mass is 32.1. The molecule has 0 radical (unpaired) electrons. The van der Waals surface area contributed by atoms with Crippen LogP contribution < -0.4 is 10.6 Å². The number of hydrogen-bond donors (Lipinski definition) is 2. The highest BCUT2D eigenvalue weighted by molar-refractivity contribution is 7.09. The van der Waals surface area contributed by atoms with Crippen molar-refractivity contribution in [3.63, 3.8) is 0 Å². The maximum Gasteiger partial charge on any atom is 0.243 e. The molecule has 22 heavy (non-hydrogen) atoms. The zero-order valence-corrected chi connectivity index (χ0v) is 14.9. The Hall–Kier alpha value is -1.63. The number of likely N-dealkylation sites (N-methyl/N-ethyl adjacent to an activating group) is 1. The third-order valence-corrected chi connectivity index (χ3v) is 4.00. The molecule has 0 aliphatic carbocycles. The van der Waals surface area contributed by atoms with Crippen LogP contribution in [0.15, 0.2) is 16.6 Å². The molecule has 1 heterocycles. The van der Waals surface area contributed by atoms with Crippen LogP contribution in [-0.2, 0) is 4.79 Å². The van der Waals surface area contributed by atoms with Gasteiger partial charge < -0.3 is 15.5 Å². The molecule has 0 bridgehead atoms. The highest BCUT2D eigenvalue weighted by Gasteiger charge is 2.10. The SMILES string of the molecule is CC(C)CNC(=NCC(=O)N(C)C)NCC(C)c1nccs1. The fraction of sp³-hybridized carbons (Fsp3) is 0.667. The number of guanidine groups is 1. The fourth-order valence-electron chi connectivity index (χ4n) is 1.58. The molecule has 124 valence electrons. The normalized spacial score (nSPS) is 13.1. The largest absolute Gasteiger partial charge is 0.356 e. The lowest BCUT2D eigenvalue weighted by molar-refractivity contribution is -0.127. The van der Waals surface area contributed by atoms with E-state index in [1.54, 1.807) is 30.3 Å². The monoisotopic (exact) mass is 325 g/mol. The van der Waals surface area contributed by atoms with E-state index in [9.17, 15) is 4.79 Å². The van der Waals surface area contributed by atoms with Crippen molar-refractivity contribution in [3.8, 4) is 0 Å². The zero-order chi connectivity index (χ0) is 16.5. The molecule has 1 atom stereocenters. The number of nitrogens with one attached hydrogen (secondary N) is 2. The van der Waals surface area contributed by atoms with Gasteiger partial charge in [0.15, 0.2) is 5.96 Å². The van der Waals surface area contributed by atoms with Crippen molar-refractivity contribution in [2.24, 2.45) is 10.9 Å². The summed E-state index contributed by atoms with van der Waals surface area (Å²) >= 11 is 1.65. The summed E-state index contributed by atoms with van der Waals surface area (Å²) in [6, 6.07) is 0. The second-order valence-electron chi connectivity index (χ2n) is 5.88. The maximum absolute atomic E-state index is 11.7. The Morgan fingerprint density at radius 2 is 2.00 bits per heavy atom. The molecule has 6 nitrogen and oxygen atoms in total. The Kier molecular flexibility index (Phi) is 7.87. The molecule has 0 fully saturated rings. The van der Waals surface area contributed by atoms with Crippen molar-refractivity contribution in [1.82, 2.24) is 20.5 Å². The summed E-state index contributed by atoms with van der Waals surface area (Å²) in [4.78, 5) is 21.9. The molecular weight excluding hydrogens is 298 g/mol. The van der Waals surface area contributed by atoms with Gasteiger partial charge >= 0.3 is 0 Å². The molecule has 0 spiro atoms. The topological polar surface area (TPSA) is 69.6 Å². The quantitative estimate of drug-likeness (QED) is 0.589. The van der Waals surface area contributed by atoms with Crippen molar-refractivity contribution in [2.75, 3.05) is 33.7 Å². The summed E-state index contributed by atoms with van der Waals surface area (Å²) in [7, 11) is 3.47. The maximum atomic E-state index is 11.7. The van der Waals surface area contributed by atoms with E-state index >= 15 is 0 Å². The lowest BCUT2D eigenvalue weighted by Gasteiger charge is -2.17. The van der Waals surface area contributed by atoms with Crippen LogP contribution in [0.2, 0.25) is 0 Å². The summed E-state index contributed by atoms with van der Waals surface area (Å²) < 4.78 is 0. The number of aliphatic imine (C=N–C) groups is 1. The number of thiazole rings is 1. The van der Waals surface area contributed by atoms with Crippen molar-refractivity contribution >= 4 is 23.2 Å². The van der Waals surface area contributed by atoms with Gasteiger partial charge in [0.1, 0.15) is 6.54 Å². The van der Waals surface area contributed by atoms with Crippen LogP contribution >= 0.6 is 11.3 Å². The van der Waals surface area contributed by atoms with Crippen LogP contribution in [0.5, 0.6) is 0 Å². The lowest BCUT2D eigenvalue weighted by atomic mass is 10.2. The third kappa shape index (κ3) is 6.89. The smallest absolute Gasteiger partial charge is 0.243 e. The molecule has 1 rings (SSSR count). The first-order valence-corrected chi connectivity index (χ1v) is 8.39. The third-order valence-electron chi connectivity index (χ3n) is 3.00. The number of rotatable bonds is 7. The molecule has 0 aliphatic rings. The van der Waals surface area contributed by atoms with Crippen molar-refractivity contribution in [1.29, 1.82) is 0 Å². The average molecular weight is 325 g/mol. The first kappa shape index (κ1) is 18.4. The zero-order valence-electron chi connectivity index (χ0n) is 14.1. The molecule has 0 aliphatic heterocycles. The van der Waals surface area contributed by atoms with E-state index in [-0.39, 0.29) is 12.5 Å². The van der Waals surface area contributed by atoms with Gasteiger partial charge in [0.2, 0.25) is 5.91 Å². The highest BCUT2D eigenvalue weighted by Crippen LogP contribution is 2.16. The minimum absolute atomic E-state index is 0.0152. The second-order valence-corrected chi connectivity index (χ2v) is 6.81. The first-order chi connectivity index (χ1) is 10.4. The van der Waals surface area contributed by atoms with Gasteiger partial charge in [-0.2, -0.15) is 0 Å². The van der Waals surface area contributed by atoms with E-state index in [0.29, 0.717) is 17.8 Å². The van der Waals surface area contributed by atoms with Crippen molar-refractivity contribution in [2.45, 2.75) is 26.7 Å². The number of amides is 1. The number of aromatic nitrogens is 1. The van der Waals surface area contributed by atoms with Crippen LogP contribution in [0.4, 0.5) is 0 Å². The van der Waals surface area contributed by atoms with Crippen molar-refractivity contribution in [3.05, 3.63) is 16.6 Å². The molecule has 1 amide bonds. The molecule has 0 saturated carbocycles. The van der Waals surface area contributed by atoms with Gasteiger partial charge in [-0.05, 0) is 5.92 Å². The Morgan fingerprint density at radius 1 is 1.32 bits per heavy atom. The Bertz CT molecular complexity index is 470. The summed E-state index contributed by atoms with van der Waals surface area (Å²) in [5, 5.41) is 9.63. The number of nitrogens with zero attached hydrogens (tertiary/aromatic N) is 3. The number of carbonyl (C=O) groups is 1. The first-order valence-electron chi connectivity index (χ1n) is 7.51. The number of hydrogen-bond acceptors (Lipinski definition) is 4. The standard InChI is InChI=1S/C15H27N5OS/c1-11(2)8-17-15(19-10-13(21)20(4)5)18-9-12(3)14-16-6-7-22-14/h6-7,11-12H,8-10H2,1-5H3,(H2,17,18,19). The van der Waals surface area contributed by atoms with E-state index in [4.69, 9.17) is 0 Å². The van der Waals surface area contributed by atoms with E-state index in [1.165, 1.54) is 0 Å². The van der Waals surface area contributed by atoms with Gasteiger partial charge in [0, 0.05) is 44.7 Å². The van der Waals surface area contributed by atoms with E-state index in [1.807, 2.05) is 11.6 Å². The van der Waals surface area contributed by atoms with E-state index in [0.717, 1.165) is 18.1 Å². The molecule has 0 aromatic carbocycles. The van der Waals surface area contributed by atoms with Crippen LogP contribution in [0.3, 0.4) is 0 Å². The molecule has 2 N–H and O–H groups in total. The van der Waals surface area contributed by atoms with Gasteiger partial charge in [0.05, 0.1) is 5.01 Å².